The molecule has 1 aliphatic rings. The number of anilines is 2. The smallest absolute Gasteiger partial charge is 0.264 e. The number of halogens is 1. The first-order valence-corrected chi connectivity index (χ1v) is 14.4. The Hall–Kier alpha value is -2.95. The zero-order valence-electron chi connectivity index (χ0n) is 20.7. The van der Waals surface area contributed by atoms with Crippen LogP contribution in [0, 0.1) is 6.92 Å². The third kappa shape index (κ3) is 6.14. The normalized spacial score (nSPS) is 12.8. The highest BCUT2D eigenvalue weighted by atomic mass is 79.9. The number of nitrogens with one attached hydrogen (secondary N) is 2. The van der Waals surface area contributed by atoms with Gasteiger partial charge in [0, 0.05) is 16.7 Å². The molecule has 1 amide bonds. The summed E-state index contributed by atoms with van der Waals surface area (Å²) in [5.41, 5.74) is 4.30. The lowest BCUT2D eigenvalue weighted by atomic mass is 10.0. The highest BCUT2D eigenvalue weighted by molar-refractivity contribution is 9.10. The van der Waals surface area contributed by atoms with Crippen molar-refractivity contribution in [3.63, 3.8) is 0 Å². The van der Waals surface area contributed by atoms with Gasteiger partial charge in [-0.05, 0) is 90.6 Å². The molecule has 0 bridgehead atoms. The molecule has 1 aliphatic heterocycles. The number of carbonyl (C=O) groups excluding carboxylic acids is 1. The molecule has 2 N–H and O–H groups in total. The highest BCUT2D eigenvalue weighted by Gasteiger charge is 2.30. The number of amides is 1. The monoisotopic (exact) mass is 601 g/mol. The van der Waals surface area contributed by atoms with E-state index in [9.17, 15) is 13.2 Å². The van der Waals surface area contributed by atoms with Crippen LogP contribution in [0.2, 0.25) is 0 Å². The van der Waals surface area contributed by atoms with E-state index in [-0.39, 0.29) is 22.5 Å². The minimum absolute atomic E-state index is 0.0914. The molecule has 0 aromatic heterocycles. The fourth-order valence-corrected chi connectivity index (χ4v) is 6.21. The Kier molecular flexibility index (Phi) is 8.20. The molecule has 37 heavy (non-hydrogen) atoms. The van der Waals surface area contributed by atoms with E-state index < -0.39 is 15.9 Å². The molecule has 0 saturated carbocycles. The molecule has 4 rings (SSSR count). The number of aryl methyl sites for hydroxylation is 1. The first-order chi connectivity index (χ1) is 17.6. The van der Waals surface area contributed by atoms with Gasteiger partial charge in [-0.3, -0.25) is 14.4 Å². The second-order valence-corrected chi connectivity index (χ2v) is 12.2. The van der Waals surface area contributed by atoms with Crippen LogP contribution in [0.1, 0.15) is 36.5 Å². The SMILES string of the molecule is Cc1cc(OCC(=O)NC(=S)Nc2ccc(S(=O)(=O)N3CCc4ccccc43)cc2)c(C(C)C)cc1Br. The molecule has 0 spiro atoms. The molecule has 3 aromatic rings. The van der Waals surface area contributed by atoms with Crippen molar-refractivity contribution in [2.24, 2.45) is 0 Å². The molecular formula is C27H28BrN3O4S2. The molecule has 1 heterocycles. The van der Waals surface area contributed by atoms with E-state index in [2.05, 4.69) is 40.4 Å². The predicted molar refractivity (Wildman–Crippen MR) is 154 cm³/mol. The number of para-hydroxylation sites is 1. The Morgan fingerprint density at radius 1 is 1.14 bits per heavy atom. The Morgan fingerprint density at radius 2 is 1.84 bits per heavy atom. The summed E-state index contributed by atoms with van der Waals surface area (Å²) in [4.78, 5) is 12.6. The summed E-state index contributed by atoms with van der Waals surface area (Å²) in [6.45, 7) is 6.30. The van der Waals surface area contributed by atoms with Crippen molar-refractivity contribution < 1.29 is 17.9 Å². The van der Waals surface area contributed by atoms with Gasteiger partial charge in [0.1, 0.15) is 5.75 Å². The van der Waals surface area contributed by atoms with E-state index in [1.807, 2.05) is 43.3 Å². The number of carbonyl (C=O) groups is 1. The lowest BCUT2D eigenvalue weighted by molar-refractivity contribution is -0.121. The van der Waals surface area contributed by atoms with Crippen LogP contribution < -0.4 is 19.7 Å². The summed E-state index contributed by atoms with van der Waals surface area (Å²) in [5, 5.41) is 5.60. The van der Waals surface area contributed by atoms with E-state index in [0.717, 1.165) is 26.9 Å². The number of ether oxygens (including phenoxy) is 1. The number of thiocarbonyl (C=S) groups is 1. The second-order valence-electron chi connectivity index (χ2n) is 9.07. The quantitative estimate of drug-likeness (QED) is 0.346. The summed E-state index contributed by atoms with van der Waals surface area (Å²) < 4.78 is 34.6. The van der Waals surface area contributed by atoms with Crippen LogP contribution in [0.25, 0.3) is 0 Å². The molecule has 10 heteroatoms. The minimum atomic E-state index is -3.68. The summed E-state index contributed by atoms with van der Waals surface area (Å²) in [7, 11) is -3.68. The van der Waals surface area contributed by atoms with Gasteiger partial charge in [0.25, 0.3) is 15.9 Å². The number of fused-ring (bicyclic) bond motifs is 1. The average Bonchev–Trinajstić information content (AvgIpc) is 3.30. The van der Waals surface area contributed by atoms with E-state index in [1.54, 1.807) is 12.1 Å². The number of hydrogen-bond acceptors (Lipinski definition) is 5. The van der Waals surface area contributed by atoms with Gasteiger partial charge in [0.15, 0.2) is 11.7 Å². The highest BCUT2D eigenvalue weighted by Crippen LogP contribution is 2.33. The number of nitrogens with zero attached hydrogens (tertiary/aromatic N) is 1. The topological polar surface area (TPSA) is 87.7 Å². The van der Waals surface area contributed by atoms with Gasteiger partial charge in [0.05, 0.1) is 10.6 Å². The molecule has 194 valence electrons. The Balaban J connectivity index is 1.34. The predicted octanol–water partition coefficient (Wildman–Crippen LogP) is 5.52. The van der Waals surface area contributed by atoms with Gasteiger partial charge in [-0.25, -0.2) is 8.42 Å². The van der Waals surface area contributed by atoms with E-state index in [0.29, 0.717) is 24.4 Å². The minimum Gasteiger partial charge on any atom is -0.483 e. The van der Waals surface area contributed by atoms with Crippen LogP contribution in [0.5, 0.6) is 5.75 Å². The number of benzene rings is 3. The Morgan fingerprint density at radius 3 is 2.54 bits per heavy atom. The molecule has 0 atom stereocenters. The number of sulfonamides is 1. The fraction of sp³-hybridized carbons (Fsp3) is 0.259. The van der Waals surface area contributed by atoms with Crippen molar-refractivity contribution >= 4 is 60.6 Å². The fourth-order valence-electron chi connectivity index (χ4n) is 4.11. The standard InChI is InChI=1S/C27H28BrN3O4S2/c1-17(2)22-15-23(28)18(3)14-25(22)35-16-26(32)30-27(36)29-20-8-10-21(11-9-20)37(33,34)31-13-12-19-6-4-5-7-24(19)31/h4-11,14-15,17H,12-13,16H2,1-3H3,(H2,29,30,32,36). The van der Waals surface area contributed by atoms with Crippen LogP contribution in [-0.2, 0) is 21.2 Å². The lowest BCUT2D eigenvalue weighted by Crippen LogP contribution is -2.37. The molecule has 0 radical (unpaired) electrons. The van der Waals surface area contributed by atoms with E-state index in [1.165, 1.54) is 16.4 Å². The maximum atomic E-state index is 13.2. The first-order valence-electron chi connectivity index (χ1n) is 11.8. The maximum Gasteiger partial charge on any atom is 0.264 e. The van der Waals surface area contributed by atoms with Crippen molar-refractivity contribution in [1.82, 2.24) is 5.32 Å². The number of rotatable bonds is 7. The zero-order valence-corrected chi connectivity index (χ0v) is 24.0. The van der Waals surface area contributed by atoms with Crippen LogP contribution in [0.4, 0.5) is 11.4 Å². The van der Waals surface area contributed by atoms with Crippen molar-refractivity contribution in [3.05, 3.63) is 81.8 Å². The maximum absolute atomic E-state index is 13.2. The summed E-state index contributed by atoms with van der Waals surface area (Å²) in [5.74, 6) is 0.478. The number of hydrogen-bond donors (Lipinski definition) is 2. The van der Waals surface area contributed by atoms with Gasteiger partial charge < -0.3 is 10.1 Å². The van der Waals surface area contributed by atoms with Gasteiger partial charge in [-0.1, -0.05) is 48.0 Å². The van der Waals surface area contributed by atoms with Crippen LogP contribution in [0.15, 0.2) is 70.0 Å². The van der Waals surface area contributed by atoms with Crippen molar-refractivity contribution in [2.75, 3.05) is 22.8 Å². The third-order valence-corrected chi connectivity index (χ3v) is 8.96. The first kappa shape index (κ1) is 27.1. The molecule has 0 fully saturated rings. The molecule has 0 saturated heterocycles. The summed E-state index contributed by atoms with van der Waals surface area (Å²) >= 11 is 8.79. The van der Waals surface area contributed by atoms with E-state index >= 15 is 0 Å². The third-order valence-electron chi connectivity index (χ3n) is 6.07. The molecule has 0 unspecified atom stereocenters. The van der Waals surface area contributed by atoms with Crippen molar-refractivity contribution in [3.8, 4) is 5.75 Å². The lowest BCUT2D eigenvalue weighted by Gasteiger charge is -2.20. The van der Waals surface area contributed by atoms with Crippen LogP contribution in [0.3, 0.4) is 0 Å². The largest absolute Gasteiger partial charge is 0.483 e. The van der Waals surface area contributed by atoms with Gasteiger partial charge >= 0.3 is 0 Å². The van der Waals surface area contributed by atoms with Crippen molar-refractivity contribution in [2.45, 2.75) is 38.0 Å². The van der Waals surface area contributed by atoms with Crippen LogP contribution in [-0.4, -0.2) is 32.6 Å². The zero-order chi connectivity index (χ0) is 26.7. The molecular weight excluding hydrogens is 574 g/mol. The van der Waals surface area contributed by atoms with Gasteiger partial charge in [0.2, 0.25) is 0 Å². The van der Waals surface area contributed by atoms with Crippen LogP contribution >= 0.6 is 28.1 Å². The van der Waals surface area contributed by atoms with Gasteiger partial charge in [-0.15, -0.1) is 0 Å². The second kappa shape index (κ2) is 11.2. The molecule has 3 aromatic carbocycles. The summed E-state index contributed by atoms with van der Waals surface area (Å²) in [6.07, 6.45) is 0.687. The molecule has 0 aliphatic carbocycles. The Bertz CT molecular complexity index is 1440. The van der Waals surface area contributed by atoms with E-state index in [4.69, 9.17) is 17.0 Å². The van der Waals surface area contributed by atoms with Crippen molar-refractivity contribution in [1.29, 1.82) is 0 Å². The van der Waals surface area contributed by atoms with Gasteiger partial charge in [-0.2, -0.15) is 0 Å². The summed E-state index contributed by atoms with van der Waals surface area (Å²) in [6, 6.07) is 17.7. The average molecular weight is 603 g/mol. The molecule has 7 nitrogen and oxygen atoms in total. The Labute approximate surface area is 231 Å².